The van der Waals surface area contributed by atoms with Crippen LogP contribution in [0.25, 0.3) is 11.8 Å². The topological polar surface area (TPSA) is 80.2 Å². The van der Waals surface area contributed by atoms with Crippen LogP contribution < -0.4 is 5.73 Å². The van der Waals surface area contributed by atoms with E-state index in [4.69, 9.17) is 10.9 Å². The first-order valence-corrected chi connectivity index (χ1v) is 13.1. The Bertz CT molecular complexity index is 1470. The second-order valence-electron chi connectivity index (χ2n) is 10.6. The molecule has 3 aliphatic rings. The zero-order valence-electron chi connectivity index (χ0n) is 21.5. The number of nitrogens with zero attached hydrogens (tertiary/aromatic N) is 4. The van der Waals surface area contributed by atoms with Crippen molar-refractivity contribution in [3.8, 4) is 5.69 Å². The lowest BCUT2D eigenvalue weighted by Crippen LogP contribution is -2.43. The minimum absolute atomic E-state index is 0. The number of rotatable bonds is 3. The van der Waals surface area contributed by atoms with Gasteiger partial charge in [-0.25, -0.2) is 9.07 Å². The zero-order chi connectivity index (χ0) is 26.3. The molecule has 196 valence electrons. The number of benzene rings is 2. The van der Waals surface area contributed by atoms with Crippen LogP contribution in [0.4, 0.5) is 4.39 Å². The van der Waals surface area contributed by atoms with Crippen molar-refractivity contribution in [3.63, 3.8) is 0 Å². The van der Waals surface area contributed by atoms with Crippen molar-refractivity contribution in [3.05, 3.63) is 119 Å². The Morgan fingerprint density at radius 1 is 1.13 bits per heavy atom. The van der Waals surface area contributed by atoms with Crippen molar-refractivity contribution >= 4 is 6.08 Å². The molecule has 4 aromatic rings. The molecule has 6 nitrogen and oxygen atoms in total. The largest absolute Gasteiger partial charge is 0.324 e. The summed E-state index contributed by atoms with van der Waals surface area (Å²) in [5, 5.41) is 14.6. The van der Waals surface area contributed by atoms with E-state index < -0.39 is 0 Å². The smallest absolute Gasteiger partial charge is 0.123 e. The summed E-state index contributed by atoms with van der Waals surface area (Å²) < 4.78 is 15.3. The van der Waals surface area contributed by atoms with Crippen LogP contribution in [0.15, 0.2) is 84.8 Å². The van der Waals surface area contributed by atoms with Gasteiger partial charge in [0, 0.05) is 38.9 Å². The molecule has 38 heavy (non-hydrogen) atoms. The van der Waals surface area contributed by atoms with E-state index in [-0.39, 0.29) is 18.7 Å². The minimum Gasteiger partial charge on any atom is -0.324 e. The number of pyridine rings is 1. The van der Waals surface area contributed by atoms with Gasteiger partial charge in [0.2, 0.25) is 0 Å². The lowest BCUT2D eigenvalue weighted by atomic mass is 9.58. The van der Waals surface area contributed by atoms with E-state index in [0.717, 1.165) is 41.3 Å². The van der Waals surface area contributed by atoms with E-state index >= 15 is 0 Å². The lowest BCUT2D eigenvalue weighted by molar-refractivity contribution is -0.0731. The molecular weight excluding hydrogens is 477 g/mol. The number of halogens is 1. The van der Waals surface area contributed by atoms with Gasteiger partial charge in [0.1, 0.15) is 5.82 Å². The van der Waals surface area contributed by atoms with Gasteiger partial charge >= 0.3 is 0 Å². The highest BCUT2D eigenvalue weighted by Gasteiger charge is 2.53. The van der Waals surface area contributed by atoms with Crippen molar-refractivity contribution in [2.75, 3.05) is 7.05 Å². The van der Waals surface area contributed by atoms with Gasteiger partial charge < -0.3 is 10.9 Å². The van der Waals surface area contributed by atoms with Crippen molar-refractivity contribution in [2.24, 2.45) is 11.7 Å². The van der Waals surface area contributed by atoms with Crippen LogP contribution in [0.5, 0.6) is 0 Å². The maximum absolute atomic E-state index is 13.3. The third-order valence-electron chi connectivity index (χ3n) is 8.31. The Morgan fingerprint density at radius 3 is 2.66 bits per heavy atom. The molecule has 0 aliphatic heterocycles. The first kappa shape index (κ1) is 24.7. The average molecular weight is 512 g/mol. The number of allylic oxidation sites excluding steroid dienone is 1. The third-order valence-corrected chi connectivity index (χ3v) is 8.31. The molecule has 0 radical (unpaired) electrons. The van der Waals surface area contributed by atoms with E-state index in [9.17, 15) is 4.39 Å². The van der Waals surface area contributed by atoms with Gasteiger partial charge in [0.15, 0.2) is 0 Å². The standard InChI is InChI=1S/C24H22FN3.C7H10N2O.H2/c25-18-7-9-19(10-8-18)28-23-12-17-6-5-16-11-22(26)20-3-1-2-4-21(20)24(16,17)13-15(23)14-27-28;1-9(10)6-7-2-4-8-5-3-7;/h1-4,7-10,12,14,16,22H,5-6,11,13,26H2;2-5,10H,6H2,1H3;1H/t16-,22?,24+;;/m1../s1. The molecule has 1 spiro atoms. The molecule has 1 unspecified atom stereocenters. The van der Waals surface area contributed by atoms with Crippen molar-refractivity contribution in [1.29, 1.82) is 0 Å². The van der Waals surface area contributed by atoms with Crippen molar-refractivity contribution in [1.82, 2.24) is 19.8 Å². The fraction of sp³-hybridized carbons (Fsp3) is 0.290. The summed E-state index contributed by atoms with van der Waals surface area (Å²) in [7, 11) is 1.61. The molecule has 3 aliphatic carbocycles. The Kier molecular flexibility index (Phi) is 6.43. The van der Waals surface area contributed by atoms with Gasteiger partial charge in [0.25, 0.3) is 0 Å². The number of hydrogen-bond donors (Lipinski definition) is 2. The van der Waals surface area contributed by atoms with Crippen LogP contribution >= 0.6 is 0 Å². The van der Waals surface area contributed by atoms with Gasteiger partial charge in [-0.15, -0.1) is 0 Å². The molecule has 0 amide bonds. The molecule has 1 fully saturated rings. The number of hydroxylamine groups is 2. The molecular formula is C31H34FN5O. The summed E-state index contributed by atoms with van der Waals surface area (Å²) in [4.78, 5) is 3.85. The van der Waals surface area contributed by atoms with Gasteiger partial charge in [-0.3, -0.25) is 4.98 Å². The van der Waals surface area contributed by atoms with Crippen LogP contribution in [-0.4, -0.2) is 32.1 Å². The maximum Gasteiger partial charge on any atom is 0.123 e. The second kappa shape index (κ2) is 9.91. The summed E-state index contributed by atoms with van der Waals surface area (Å²) in [6.07, 6.45) is 12.1. The molecule has 2 aromatic heterocycles. The molecule has 3 N–H and O–H groups in total. The number of fused-ring (bicyclic) bond motifs is 2. The highest BCUT2D eigenvalue weighted by Crippen LogP contribution is 2.60. The molecule has 7 rings (SSSR count). The predicted molar refractivity (Wildman–Crippen MR) is 147 cm³/mol. The van der Waals surface area contributed by atoms with Crippen molar-refractivity contribution in [2.45, 2.75) is 43.7 Å². The predicted octanol–water partition coefficient (Wildman–Crippen LogP) is 5.85. The highest BCUT2D eigenvalue weighted by atomic mass is 19.1. The third kappa shape index (κ3) is 4.26. The zero-order valence-corrected chi connectivity index (χ0v) is 21.5. The summed E-state index contributed by atoms with van der Waals surface area (Å²) in [6.45, 7) is 0.544. The molecule has 2 heterocycles. The lowest BCUT2D eigenvalue weighted by Gasteiger charge is -2.46. The summed E-state index contributed by atoms with van der Waals surface area (Å²) in [6, 6.07) is 19.2. The molecule has 0 saturated heterocycles. The van der Waals surface area contributed by atoms with Crippen molar-refractivity contribution < 1.29 is 11.0 Å². The SMILES string of the molecule is CN(O)Cc1ccncc1.NC1C[C@H]2CCC3=Cc4c(cnn4-c4ccc(F)cc4)C[C@@]32c2ccccc21.[HH]. The van der Waals surface area contributed by atoms with Crippen LogP contribution in [0.1, 0.15) is 54.7 Å². The first-order chi connectivity index (χ1) is 18.5. The van der Waals surface area contributed by atoms with Gasteiger partial charge in [-0.05, 0) is 96.3 Å². The average Bonchev–Trinajstić information content (AvgIpc) is 3.50. The first-order valence-electron chi connectivity index (χ1n) is 13.1. The molecule has 2 aromatic carbocycles. The monoisotopic (exact) mass is 511 g/mol. The van der Waals surface area contributed by atoms with E-state index in [2.05, 4.69) is 40.4 Å². The van der Waals surface area contributed by atoms with E-state index in [1.54, 1.807) is 31.6 Å². The molecule has 7 heteroatoms. The Hall–Kier alpha value is -3.65. The van der Waals surface area contributed by atoms with Crippen LogP contribution in [0.3, 0.4) is 0 Å². The fourth-order valence-corrected chi connectivity index (χ4v) is 6.68. The minimum atomic E-state index is -0.226. The highest BCUT2D eigenvalue weighted by molar-refractivity contribution is 5.67. The fourth-order valence-electron chi connectivity index (χ4n) is 6.68. The number of aromatic nitrogens is 3. The van der Waals surface area contributed by atoms with Gasteiger partial charge in [0.05, 0.1) is 17.6 Å². The van der Waals surface area contributed by atoms with E-state index in [1.165, 1.54) is 40.8 Å². The van der Waals surface area contributed by atoms with Crippen LogP contribution in [-0.2, 0) is 18.4 Å². The molecule has 1 saturated carbocycles. The maximum atomic E-state index is 13.3. The van der Waals surface area contributed by atoms with E-state index in [1.807, 2.05) is 23.0 Å². The number of nitrogens with two attached hydrogens (primary N) is 1. The van der Waals surface area contributed by atoms with Gasteiger partial charge in [-0.1, -0.05) is 29.8 Å². The molecule has 0 bridgehead atoms. The second-order valence-corrected chi connectivity index (χ2v) is 10.6. The van der Waals surface area contributed by atoms with Gasteiger partial charge in [-0.2, -0.15) is 10.2 Å². The molecule has 3 atom stereocenters. The van der Waals surface area contributed by atoms with E-state index in [0.29, 0.717) is 12.5 Å². The normalized spacial score (nSPS) is 22.9. The Morgan fingerprint density at radius 2 is 1.89 bits per heavy atom. The van der Waals surface area contributed by atoms with Crippen LogP contribution in [0.2, 0.25) is 0 Å². The summed E-state index contributed by atoms with van der Waals surface area (Å²) in [5.74, 6) is 0.363. The Balaban J connectivity index is 0.000000240. The quantitative estimate of drug-likeness (QED) is 0.337. The number of hydrogen-bond acceptors (Lipinski definition) is 5. The Labute approximate surface area is 223 Å². The van der Waals surface area contributed by atoms with Crippen LogP contribution in [0, 0.1) is 11.7 Å². The summed E-state index contributed by atoms with van der Waals surface area (Å²) >= 11 is 0. The summed E-state index contributed by atoms with van der Waals surface area (Å²) in [5.41, 5.74) is 15.2.